The number of pyridine rings is 1. The molecule has 0 aliphatic rings. The largest absolute Gasteiger partial charge is 0.352 e. The van der Waals surface area contributed by atoms with Crippen molar-refractivity contribution in [1.29, 1.82) is 0 Å². The zero-order valence-corrected chi connectivity index (χ0v) is 8.84. The number of hydrogen-bond donors (Lipinski definition) is 1. The number of aromatic nitrogens is 1. The molecule has 1 aromatic rings. The summed E-state index contributed by atoms with van der Waals surface area (Å²) in [5.74, 6) is -0.133. The van der Waals surface area contributed by atoms with Crippen LogP contribution >= 0.6 is 11.6 Å². The number of rotatable bonds is 4. The van der Waals surface area contributed by atoms with Crippen LogP contribution in [0.3, 0.4) is 0 Å². The smallest absolute Gasteiger partial charge is 0.252 e. The molecule has 0 unspecified atom stereocenters. The van der Waals surface area contributed by atoms with Gasteiger partial charge in [-0.05, 0) is 12.5 Å². The SMILES string of the molecule is CCCCNC(=O)c1ccncc1Cl. The number of hydrogen-bond acceptors (Lipinski definition) is 2. The summed E-state index contributed by atoms with van der Waals surface area (Å²) >= 11 is 5.81. The van der Waals surface area contributed by atoms with Gasteiger partial charge in [0.1, 0.15) is 0 Å². The first-order valence-electron chi connectivity index (χ1n) is 4.63. The van der Waals surface area contributed by atoms with Gasteiger partial charge in [0.15, 0.2) is 0 Å². The van der Waals surface area contributed by atoms with Crippen molar-refractivity contribution < 1.29 is 4.79 Å². The molecule has 0 saturated carbocycles. The molecular formula is C10H13ClN2O. The molecule has 0 aliphatic carbocycles. The molecule has 0 aromatic carbocycles. The zero-order chi connectivity index (χ0) is 10.4. The minimum atomic E-state index is -0.133. The van der Waals surface area contributed by atoms with E-state index < -0.39 is 0 Å². The Kier molecular flexibility index (Phi) is 4.40. The summed E-state index contributed by atoms with van der Waals surface area (Å²) in [6, 6.07) is 1.61. The Bertz CT molecular complexity index is 315. The van der Waals surface area contributed by atoms with Crippen molar-refractivity contribution in [2.75, 3.05) is 6.54 Å². The van der Waals surface area contributed by atoms with Crippen LogP contribution in [0.1, 0.15) is 30.1 Å². The maximum atomic E-state index is 11.5. The number of nitrogens with one attached hydrogen (secondary N) is 1. The van der Waals surface area contributed by atoms with E-state index in [0.717, 1.165) is 12.8 Å². The first kappa shape index (κ1) is 11.0. The van der Waals surface area contributed by atoms with Crippen LogP contribution in [0.2, 0.25) is 5.02 Å². The Morgan fingerprint density at radius 2 is 2.43 bits per heavy atom. The van der Waals surface area contributed by atoms with Crippen LogP contribution in [0.4, 0.5) is 0 Å². The third kappa shape index (κ3) is 3.00. The topological polar surface area (TPSA) is 42.0 Å². The Labute approximate surface area is 88.5 Å². The lowest BCUT2D eigenvalue weighted by Crippen LogP contribution is -2.24. The van der Waals surface area contributed by atoms with E-state index in [2.05, 4.69) is 17.2 Å². The Morgan fingerprint density at radius 3 is 3.07 bits per heavy atom. The molecule has 0 fully saturated rings. The number of unbranched alkanes of at least 4 members (excludes halogenated alkanes) is 1. The van der Waals surface area contributed by atoms with E-state index >= 15 is 0 Å². The number of halogens is 1. The monoisotopic (exact) mass is 212 g/mol. The Balaban J connectivity index is 2.56. The summed E-state index contributed by atoms with van der Waals surface area (Å²) in [6.07, 6.45) is 5.07. The van der Waals surface area contributed by atoms with Gasteiger partial charge in [0.05, 0.1) is 10.6 Å². The molecule has 3 nitrogen and oxygen atoms in total. The van der Waals surface area contributed by atoms with Crippen molar-refractivity contribution in [3.05, 3.63) is 29.0 Å². The summed E-state index contributed by atoms with van der Waals surface area (Å²) in [5, 5.41) is 3.18. The van der Waals surface area contributed by atoms with E-state index in [4.69, 9.17) is 11.6 Å². The van der Waals surface area contributed by atoms with Gasteiger partial charge in [-0.25, -0.2) is 0 Å². The minimum Gasteiger partial charge on any atom is -0.352 e. The van der Waals surface area contributed by atoms with E-state index in [9.17, 15) is 4.79 Å². The van der Waals surface area contributed by atoms with Gasteiger partial charge in [0.25, 0.3) is 5.91 Å². The van der Waals surface area contributed by atoms with Crippen LogP contribution in [0.5, 0.6) is 0 Å². The maximum Gasteiger partial charge on any atom is 0.252 e. The molecule has 1 aromatic heterocycles. The van der Waals surface area contributed by atoms with Gasteiger partial charge in [0, 0.05) is 18.9 Å². The molecule has 0 bridgehead atoms. The molecule has 0 atom stereocenters. The summed E-state index contributed by atoms with van der Waals surface area (Å²) in [5.41, 5.74) is 0.484. The molecular weight excluding hydrogens is 200 g/mol. The molecule has 1 N–H and O–H groups in total. The number of carbonyl (C=O) groups excluding carboxylic acids is 1. The van der Waals surface area contributed by atoms with Gasteiger partial charge in [-0.2, -0.15) is 0 Å². The van der Waals surface area contributed by atoms with Crippen LogP contribution in [-0.2, 0) is 0 Å². The lowest BCUT2D eigenvalue weighted by Gasteiger charge is -2.04. The van der Waals surface area contributed by atoms with Crippen molar-refractivity contribution in [2.24, 2.45) is 0 Å². The molecule has 76 valence electrons. The highest BCUT2D eigenvalue weighted by atomic mass is 35.5. The van der Waals surface area contributed by atoms with Crippen molar-refractivity contribution in [3.63, 3.8) is 0 Å². The minimum absolute atomic E-state index is 0.133. The van der Waals surface area contributed by atoms with E-state index in [1.165, 1.54) is 6.20 Å². The molecule has 0 radical (unpaired) electrons. The normalized spacial score (nSPS) is 9.86. The molecule has 1 heterocycles. The molecule has 1 amide bonds. The first-order chi connectivity index (χ1) is 6.75. The quantitative estimate of drug-likeness (QED) is 0.778. The molecule has 1 rings (SSSR count). The third-order valence-electron chi connectivity index (χ3n) is 1.83. The molecule has 0 aliphatic heterocycles. The van der Waals surface area contributed by atoms with Gasteiger partial charge in [-0.3, -0.25) is 9.78 Å². The van der Waals surface area contributed by atoms with Gasteiger partial charge < -0.3 is 5.32 Å². The van der Waals surface area contributed by atoms with Crippen molar-refractivity contribution in [1.82, 2.24) is 10.3 Å². The maximum absolute atomic E-state index is 11.5. The van der Waals surface area contributed by atoms with Crippen molar-refractivity contribution in [2.45, 2.75) is 19.8 Å². The fraction of sp³-hybridized carbons (Fsp3) is 0.400. The second-order valence-electron chi connectivity index (χ2n) is 2.96. The predicted molar refractivity (Wildman–Crippen MR) is 56.5 cm³/mol. The summed E-state index contributed by atoms with van der Waals surface area (Å²) in [4.78, 5) is 15.3. The lowest BCUT2D eigenvalue weighted by atomic mass is 10.2. The average Bonchev–Trinajstić information content (AvgIpc) is 2.18. The van der Waals surface area contributed by atoms with Crippen molar-refractivity contribution in [3.8, 4) is 0 Å². The predicted octanol–water partition coefficient (Wildman–Crippen LogP) is 2.26. The van der Waals surface area contributed by atoms with Crippen LogP contribution in [-0.4, -0.2) is 17.4 Å². The summed E-state index contributed by atoms with van der Waals surface area (Å²) in [7, 11) is 0. The van der Waals surface area contributed by atoms with Gasteiger partial charge in [-0.15, -0.1) is 0 Å². The molecule has 0 spiro atoms. The van der Waals surface area contributed by atoms with E-state index in [1.54, 1.807) is 12.3 Å². The van der Waals surface area contributed by atoms with Crippen LogP contribution in [0.25, 0.3) is 0 Å². The fourth-order valence-corrected chi connectivity index (χ4v) is 1.24. The van der Waals surface area contributed by atoms with Gasteiger partial charge >= 0.3 is 0 Å². The van der Waals surface area contributed by atoms with Crippen LogP contribution in [0, 0.1) is 0 Å². The van der Waals surface area contributed by atoms with Crippen LogP contribution < -0.4 is 5.32 Å². The van der Waals surface area contributed by atoms with E-state index in [1.807, 2.05) is 0 Å². The lowest BCUT2D eigenvalue weighted by molar-refractivity contribution is 0.0953. The summed E-state index contributed by atoms with van der Waals surface area (Å²) < 4.78 is 0. The number of nitrogens with zero attached hydrogens (tertiary/aromatic N) is 1. The van der Waals surface area contributed by atoms with E-state index in [0.29, 0.717) is 17.1 Å². The first-order valence-corrected chi connectivity index (χ1v) is 5.01. The number of carbonyl (C=O) groups is 1. The zero-order valence-electron chi connectivity index (χ0n) is 8.09. The average molecular weight is 213 g/mol. The molecule has 4 heteroatoms. The molecule has 0 saturated heterocycles. The van der Waals surface area contributed by atoms with Gasteiger partial charge in [0.2, 0.25) is 0 Å². The number of amides is 1. The Morgan fingerprint density at radius 1 is 1.64 bits per heavy atom. The van der Waals surface area contributed by atoms with E-state index in [-0.39, 0.29) is 5.91 Å². The highest BCUT2D eigenvalue weighted by Gasteiger charge is 2.08. The standard InChI is InChI=1S/C10H13ClN2O/c1-2-3-5-13-10(14)8-4-6-12-7-9(8)11/h4,6-7H,2-3,5H2,1H3,(H,13,14). The van der Waals surface area contributed by atoms with Crippen LogP contribution in [0.15, 0.2) is 18.5 Å². The third-order valence-corrected chi connectivity index (χ3v) is 2.13. The Hall–Kier alpha value is -1.09. The second-order valence-corrected chi connectivity index (χ2v) is 3.37. The molecule has 14 heavy (non-hydrogen) atoms. The highest BCUT2D eigenvalue weighted by molar-refractivity contribution is 6.33. The summed E-state index contributed by atoms with van der Waals surface area (Å²) in [6.45, 7) is 2.76. The highest BCUT2D eigenvalue weighted by Crippen LogP contribution is 2.12. The van der Waals surface area contributed by atoms with Crippen molar-refractivity contribution >= 4 is 17.5 Å². The second kappa shape index (κ2) is 5.60. The fourth-order valence-electron chi connectivity index (χ4n) is 1.03. The van der Waals surface area contributed by atoms with Gasteiger partial charge in [-0.1, -0.05) is 24.9 Å².